The van der Waals surface area contributed by atoms with Crippen LogP contribution in [0.3, 0.4) is 0 Å². The van der Waals surface area contributed by atoms with Gasteiger partial charge in [-0.05, 0) is 50.6 Å². The highest BCUT2D eigenvalue weighted by molar-refractivity contribution is 8.02. The van der Waals surface area contributed by atoms with Crippen LogP contribution in [-0.2, 0) is 20.7 Å². The van der Waals surface area contributed by atoms with Crippen molar-refractivity contribution in [1.29, 1.82) is 0 Å². The molecular formula is C24H28N2O3S. The smallest absolute Gasteiger partial charge is 0.332 e. The van der Waals surface area contributed by atoms with Gasteiger partial charge in [0.25, 0.3) is 5.91 Å². The summed E-state index contributed by atoms with van der Waals surface area (Å²) in [6.07, 6.45) is 2.73. The number of rotatable bonds is 7. The van der Waals surface area contributed by atoms with Crippen LogP contribution in [0.25, 0.3) is 0 Å². The van der Waals surface area contributed by atoms with Crippen molar-refractivity contribution < 1.29 is 14.3 Å². The Morgan fingerprint density at radius 3 is 2.47 bits per heavy atom. The van der Waals surface area contributed by atoms with Crippen molar-refractivity contribution in [2.45, 2.75) is 35.8 Å². The summed E-state index contributed by atoms with van der Waals surface area (Å²) >= 11 is 1.34. The Kier molecular flexibility index (Phi) is 6.44. The lowest BCUT2D eigenvalue weighted by Crippen LogP contribution is -2.57. The number of para-hydroxylation sites is 1. The van der Waals surface area contributed by atoms with Gasteiger partial charge in [-0.1, -0.05) is 54.2 Å². The van der Waals surface area contributed by atoms with Gasteiger partial charge in [-0.2, -0.15) is 0 Å². The monoisotopic (exact) mass is 424 g/mol. The molecule has 0 aliphatic carbocycles. The minimum absolute atomic E-state index is 0.173. The van der Waals surface area contributed by atoms with Crippen LogP contribution in [0, 0.1) is 0 Å². The van der Waals surface area contributed by atoms with Gasteiger partial charge in [0.2, 0.25) is 4.75 Å². The number of nitrogens with zero attached hydrogens (tertiary/aromatic N) is 2. The van der Waals surface area contributed by atoms with Crippen molar-refractivity contribution in [3.05, 3.63) is 60.2 Å². The minimum atomic E-state index is -1.31. The van der Waals surface area contributed by atoms with Crippen LogP contribution < -0.4 is 4.90 Å². The maximum absolute atomic E-state index is 13.9. The van der Waals surface area contributed by atoms with Crippen LogP contribution >= 0.6 is 11.8 Å². The molecule has 5 nitrogen and oxygen atoms in total. The third kappa shape index (κ3) is 4.12. The van der Waals surface area contributed by atoms with Gasteiger partial charge < -0.3 is 14.5 Å². The lowest BCUT2D eigenvalue weighted by atomic mass is 9.95. The van der Waals surface area contributed by atoms with Crippen LogP contribution in [0.1, 0.15) is 25.3 Å². The van der Waals surface area contributed by atoms with Crippen LogP contribution in [0.5, 0.6) is 0 Å². The summed E-state index contributed by atoms with van der Waals surface area (Å²) in [7, 11) is 0. The van der Waals surface area contributed by atoms with E-state index in [1.807, 2.05) is 59.5 Å². The number of anilines is 1. The SMILES string of the molecule is CCOC(=O)C1(Cc2ccccc2)Sc2ccccc2N(CCN2CCCC2)C1=O. The topological polar surface area (TPSA) is 49.9 Å². The van der Waals surface area contributed by atoms with Crippen LogP contribution in [-0.4, -0.2) is 54.3 Å². The number of hydrogen-bond acceptors (Lipinski definition) is 5. The maximum Gasteiger partial charge on any atom is 0.332 e. The van der Waals surface area contributed by atoms with Gasteiger partial charge in [-0.25, -0.2) is 4.79 Å². The molecule has 0 N–H and O–H groups in total. The number of hydrogen-bond donors (Lipinski definition) is 0. The van der Waals surface area contributed by atoms with Crippen molar-refractivity contribution in [2.75, 3.05) is 37.7 Å². The van der Waals surface area contributed by atoms with Gasteiger partial charge in [0, 0.05) is 24.4 Å². The zero-order chi connectivity index (χ0) is 21.0. The van der Waals surface area contributed by atoms with E-state index in [1.165, 1.54) is 24.6 Å². The summed E-state index contributed by atoms with van der Waals surface area (Å²) in [4.78, 5) is 32.3. The number of ether oxygens (including phenoxy) is 1. The van der Waals surface area contributed by atoms with E-state index in [0.29, 0.717) is 13.0 Å². The molecule has 158 valence electrons. The van der Waals surface area contributed by atoms with Gasteiger partial charge >= 0.3 is 5.97 Å². The number of fused-ring (bicyclic) bond motifs is 1. The first kappa shape index (κ1) is 20.9. The van der Waals surface area contributed by atoms with Gasteiger partial charge in [0.15, 0.2) is 0 Å². The van der Waals surface area contributed by atoms with E-state index < -0.39 is 10.7 Å². The Labute approximate surface area is 182 Å². The number of benzene rings is 2. The molecule has 30 heavy (non-hydrogen) atoms. The molecule has 1 saturated heterocycles. The third-order valence-electron chi connectivity index (χ3n) is 5.77. The quantitative estimate of drug-likeness (QED) is 0.500. The molecule has 0 aromatic heterocycles. The standard InChI is InChI=1S/C24H28N2O3S/c1-2-29-23(28)24(18-19-10-4-3-5-11-19)22(27)26(17-16-25-14-8-9-15-25)20-12-6-7-13-21(20)30-24/h3-7,10-13H,2,8-9,14-18H2,1H3. The van der Waals surface area contributed by atoms with Crippen molar-refractivity contribution in [1.82, 2.24) is 4.90 Å². The molecule has 2 heterocycles. The molecule has 2 aromatic rings. The maximum atomic E-state index is 13.9. The number of carbonyl (C=O) groups excluding carboxylic acids is 2. The molecule has 4 rings (SSSR count). The Balaban J connectivity index is 1.71. The molecule has 1 fully saturated rings. The highest BCUT2D eigenvalue weighted by Gasteiger charge is 2.54. The summed E-state index contributed by atoms with van der Waals surface area (Å²) in [5, 5.41) is 0. The van der Waals surface area contributed by atoms with Crippen LogP contribution in [0.4, 0.5) is 5.69 Å². The zero-order valence-electron chi connectivity index (χ0n) is 17.4. The van der Waals surface area contributed by atoms with E-state index in [9.17, 15) is 9.59 Å². The first-order chi connectivity index (χ1) is 14.6. The Hall–Kier alpha value is -2.31. The minimum Gasteiger partial charge on any atom is -0.465 e. The Bertz CT molecular complexity index is 898. The second-order valence-corrected chi connectivity index (χ2v) is 9.13. The fraction of sp³-hybridized carbons (Fsp3) is 0.417. The molecule has 1 atom stereocenters. The molecule has 0 saturated carbocycles. The summed E-state index contributed by atoms with van der Waals surface area (Å²) in [5.74, 6) is -0.628. The molecule has 0 radical (unpaired) electrons. The average Bonchev–Trinajstić information content (AvgIpc) is 3.28. The predicted octanol–water partition coefficient (Wildman–Crippen LogP) is 3.77. The fourth-order valence-corrected chi connectivity index (χ4v) is 5.62. The molecule has 0 bridgehead atoms. The van der Waals surface area contributed by atoms with Crippen molar-refractivity contribution in [3.8, 4) is 0 Å². The molecule has 0 spiro atoms. The highest BCUT2D eigenvalue weighted by atomic mass is 32.2. The van der Waals surface area contributed by atoms with Crippen molar-refractivity contribution >= 4 is 29.3 Å². The second kappa shape index (κ2) is 9.23. The van der Waals surface area contributed by atoms with Crippen molar-refractivity contribution in [2.24, 2.45) is 0 Å². The Morgan fingerprint density at radius 2 is 1.73 bits per heavy atom. The average molecular weight is 425 g/mol. The second-order valence-electron chi connectivity index (χ2n) is 7.79. The number of esters is 1. The third-order valence-corrected chi connectivity index (χ3v) is 7.17. The molecule has 2 aliphatic rings. The lowest BCUT2D eigenvalue weighted by Gasteiger charge is -2.40. The zero-order valence-corrected chi connectivity index (χ0v) is 18.2. The number of amides is 1. The van der Waals surface area contributed by atoms with E-state index in [1.54, 1.807) is 6.92 Å². The van der Waals surface area contributed by atoms with E-state index in [-0.39, 0.29) is 12.5 Å². The summed E-state index contributed by atoms with van der Waals surface area (Å²) in [6, 6.07) is 17.6. The van der Waals surface area contributed by atoms with Gasteiger partial charge in [-0.3, -0.25) is 4.79 Å². The van der Waals surface area contributed by atoms with Gasteiger partial charge in [0.05, 0.1) is 12.3 Å². The van der Waals surface area contributed by atoms with E-state index in [4.69, 9.17) is 4.74 Å². The van der Waals surface area contributed by atoms with E-state index in [0.717, 1.165) is 35.8 Å². The molecule has 6 heteroatoms. The molecule has 1 unspecified atom stereocenters. The number of carbonyl (C=O) groups is 2. The number of likely N-dealkylation sites (tertiary alicyclic amines) is 1. The van der Waals surface area contributed by atoms with Gasteiger partial charge in [0.1, 0.15) is 0 Å². The molecule has 2 aromatic carbocycles. The molecule has 2 aliphatic heterocycles. The summed E-state index contributed by atoms with van der Waals surface area (Å²) < 4.78 is 4.14. The highest BCUT2D eigenvalue weighted by Crippen LogP contribution is 2.47. The summed E-state index contributed by atoms with van der Waals surface area (Å²) in [6.45, 7) is 5.57. The fourth-order valence-electron chi connectivity index (χ4n) is 4.24. The van der Waals surface area contributed by atoms with Crippen LogP contribution in [0.15, 0.2) is 59.5 Å². The Morgan fingerprint density at radius 1 is 1.03 bits per heavy atom. The van der Waals surface area contributed by atoms with Crippen LogP contribution in [0.2, 0.25) is 0 Å². The molecular weight excluding hydrogens is 396 g/mol. The van der Waals surface area contributed by atoms with E-state index >= 15 is 0 Å². The van der Waals surface area contributed by atoms with Gasteiger partial charge in [-0.15, -0.1) is 0 Å². The van der Waals surface area contributed by atoms with E-state index in [2.05, 4.69) is 4.90 Å². The molecule has 1 amide bonds. The first-order valence-electron chi connectivity index (χ1n) is 10.7. The van der Waals surface area contributed by atoms with Crippen molar-refractivity contribution in [3.63, 3.8) is 0 Å². The first-order valence-corrected chi connectivity index (χ1v) is 11.5. The summed E-state index contributed by atoms with van der Waals surface area (Å²) in [5.41, 5.74) is 1.84. The normalized spacial score (nSPS) is 21.5. The lowest BCUT2D eigenvalue weighted by molar-refractivity contribution is -0.149. The number of thioether (sulfide) groups is 1. The largest absolute Gasteiger partial charge is 0.465 e. The predicted molar refractivity (Wildman–Crippen MR) is 120 cm³/mol.